The Morgan fingerprint density at radius 3 is 2.43 bits per heavy atom. The molecule has 2 heterocycles. The number of aromatic nitrogens is 2. The van der Waals surface area contributed by atoms with Crippen molar-refractivity contribution >= 4 is 21.6 Å². The number of para-hydroxylation sites is 1. The highest BCUT2D eigenvalue weighted by molar-refractivity contribution is 7.89. The van der Waals surface area contributed by atoms with Gasteiger partial charge in [0.2, 0.25) is 15.9 Å². The van der Waals surface area contributed by atoms with Gasteiger partial charge < -0.3 is 5.32 Å². The Morgan fingerprint density at radius 2 is 1.74 bits per heavy atom. The Balaban J connectivity index is 1.68. The van der Waals surface area contributed by atoms with E-state index in [2.05, 4.69) is 10.4 Å². The molecule has 0 aliphatic carbocycles. The third-order valence-electron chi connectivity index (χ3n) is 6.27. The SMILES string of the molecule is CC[C@H](C(=O)Nc1ccccc1)n1nc(-c2ccc(C)c(S(=O)(=O)N3CCCCC3)c2)ccc1=O. The van der Waals surface area contributed by atoms with E-state index in [1.54, 1.807) is 43.3 Å². The number of rotatable bonds is 7. The van der Waals surface area contributed by atoms with Gasteiger partial charge in [0.1, 0.15) is 6.04 Å². The number of anilines is 1. The molecule has 1 aliphatic heterocycles. The highest BCUT2D eigenvalue weighted by Crippen LogP contribution is 2.28. The van der Waals surface area contributed by atoms with Crippen LogP contribution in [0.1, 0.15) is 44.2 Å². The van der Waals surface area contributed by atoms with E-state index in [-0.39, 0.29) is 10.8 Å². The van der Waals surface area contributed by atoms with Crippen molar-refractivity contribution in [3.05, 3.63) is 76.6 Å². The number of amides is 1. The summed E-state index contributed by atoms with van der Waals surface area (Å²) in [4.78, 5) is 25.9. The molecule has 184 valence electrons. The maximum atomic E-state index is 13.3. The molecule has 0 radical (unpaired) electrons. The van der Waals surface area contributed by atoms with Crippen molar-refractivity contribution in [2.45, 2.75) is 50.5 Å². The Bertz CT molecular complexity index is 1360. The molecular weight excluding hydrogens is 464 g/mol. The lowest BCUT2D eigenvalue weighted by Gasteiger charge is -2.26. The number of nitrogens with zero attached hydrogens (tertiary/aromatic N) is 3. The third kappa shape index (κ3) is 5.36. The fraction of sp³-hybridized carbons (Fsp3) is 0.346. The highest BCUT2D eigenvalue weighted by Gasteiger charge is 2.28. The molecule has 0 unspecified atom stereocenters. The zero-order valence-electron chi connectivity index (χ0n) is 20.0. The van der Waals surface area contributed by atoms with Gasteiger partial charge in [0.25, 0.3) is 5.56 Å². The van der Waals surface area contributed by atoms with Crippen LogP contribution in [-0.4, -0.2) is 41.5 Å². The first-order valence-corrected chi connectivity index (χ1v) is 13.3. The summed E-state index contributed by atoms with van der Waals surface area (Å²) in [5.41, 5.74) is 1.87. The van der Waals surface area contributed by atoms with E-state index in [0.29, 0.717) is 42.0 Å². The van der Waals surface area contributed by atoms with E-state index in [1.807, 2.05) is 25.1 Å². The average molecular weight is 495 g/mol. The van der Waals surface area contributed by atoms with Crippen molar-refractivity contribution in [2.75, 3.05) is 18.4 Å². The van der Waals surface area contributed by atoms with Crippen LogP contribution in [0.15, 0.2) is 70.4 Å². The van der Waals surface area contributed by atoms with Crippen molar-refractivity contribution in [2.24, 2.45) is 0 Å². The number of sulfonamides is 1. The van der Waals surface area contributed by atoms with Gasteiger partial charge in [0.05, 0.1) is 10.6 Å². The molecule has 4 rings (SSSR count). The van der Waals surface area contributed by atoms with Crippen LogP contribution in [-0.2, 0) is 14.8 Å². The molecule has 2 aromatic carbocycles. The van der Waals surface area contributed by atoms with Gasteiger partial charge in [0, 0.05) is 30.4 Å². The van der Waals surface area contributed by atoms with Crippen LogP contribution in [0, 0.1) is 6.92 Å². The van der Waals surface area contributed by atoms with Gasteiger partial charge >= 0.3 is 0 Å². The highest BCUT2D eigenvalue weighted by atomic mass is 32.2. The molecule has 1 aromatic heterocycles. The molecule has 1 saturated heterocycles. The Hall–Kier alpha value is -3.30. The number of carbonyl (C=O) groups is 1. The average Bonchev–Trinajstić information content (AvgIpc) is 2.87. The maximum Gasteiger partial charge on any atom is 0.267 e. The number of carbonyl (C=O) groups excluding carboxylic acids is 1. The molecule has 1 aliphatic rings. The molecular formula is C26H30N4O4S. The summed E-state index contributed by atoms with van der Waals surface area (Å²) < 4.78 is 29.4. The van der Waals surface area contributed by atoms with E-state index in [1.165, 1.54) is 15.1 Å². The first-order chi connectivity index (χ1) is 16.8. The predicted molar refractivity (Wildman–Crippen MR) is 136 cm³/mol. The van der Waals surface area contributed by atoms with E-state index in [0.717, 1.165) is 19.3 Å². The lowest BCUT2D eigenvalue weighted by atomic mass is 10.1. The molecule has 1 atom stereocenters. The minimum Gasteiger partial charge on any atom is -0.324 e. The van der Waals surface area contributed by atoms with Crippen molar-refractivity contribution in [3.63, 3.8) is 0 Å². The number of hydrogen-bond acceptors (Lipinski definition) is 5. The topological polar surface area (TPSA) is 101 Å². The smallest absolute Gasteiger partial charge is 0.267 e. The number of aryl methyl sites for hydroxylation is 1. The number of benzene rings is 2. The number of nitrogens with one attached hydrogen (secondary N) is 1. The molecule has 0 saturated carbocycles. The maximum absolute atomic E-state index is 13.3. The zero-order chi connectivity index (χ0) is 25.0. The zero-order valence-corrected chi connectivity index (χ0v) is 20.8. The van der Waals surface area contributed by atoms with E-state index in [4.69, 9.17) is 0 Å². The fourth-order valence-electron chi connectivity index (χ4n) is 4.30. The van der Waals surface area contributed by atoms with E-state index < -0.39 is 21.6 Å². The summed E-state index contributed by atoms with van der Waals surface area (Å²) in [6.07, 6.45) is 3.10. The minimum absolute atomic E-state index is 0.241. The second-order valence-electron chi connectivity index (χ2n) is 8.73. The molecule has 1 N–H and O–H groups in total. The second kappa shape index (κ2) is 10.5. The quantitative estimate of drug-likeness (QED) is 0.535. The minimum atomic E-state index is -3.64. The summed E-state index contributed by atoms with van der Waals surface area (Å²) in [5, 5.41) is 7.30. The van der Waals surface area contributed by atoms with Gasteiger partial charge in [-0.05, 0) is 56.0 Å². The predicted octanol–water partition coefficient (Wildman–Crippen LogP) is 3.98. The van der Waals surface area contributed by atoms with Crippen molar-refractivity contribution in [1.82, 2.24) is 14.1 Å². The first-order valence-electron chi connectivity index (χ1n) is 11.9. The van der Waals surface area contributed by atoms with Crippen LogP contribution in [0.25, 0.3) is 11.3 Å². The summed E-state index contributed by atoms with van der Waals surface area (Å²) in [6.45, 7) is 4.62. The van der Waals surface area contributed by atoms with Gasteiger partial charge in [-0.25, -0.2) is 13.1 Å². The van der Waals surface area contributed by atoms with Crippen LogP contribution >= 0.6 is 0 Å². The van der Waals surface area contributed by atoms with Gasteiger partial charge in [-0.15, -0.1) is 0 Å². The molecule has 8 nitrogen and oxygen atoms in total. The van der Waals surface area contributed by atoms with Crippen LogP contribution in [0.4, 0.5) is 5.69 Å². The summed E-state index contributed by atoms with van der Waals surface area (Å²) in [5.74, 6) is -0.345. The van der Waals surface area contributed by atoms with E-state index in [9.17, 15) is 18.0 Å². The third-order valence-corrected chi connectivity index (χ3v) is 8.31. The molecule has 35 heavy (non-hydrogen) atoms. The molecule has 0 spiro atoms. The summed E-state index contributed by atoms with van der Waals surface area (Å²) >= 11 is 0. The summed E-state index contributed by atoms with van der Waals surface area (Å²) in [6, 6.07) is 16.3. The first kappa shape index (κ1) is 24.8. The largest absolute Gasteiger partial charge is 0.324 e. The second-order valence-corrected chi connectivity index (χ2v) is 10.6. The van der Waals surface area contributed by atoms with Crippen molar-refractivity contribution < 1.29 is 13.2 Å². The number of hydrogen-bond donors (Lipinski definition) is 1. The van der Waals surface area contributed by atoms with Crippen LogP contribution in [0.3, 0.4) is 0 Å². The van der Waals surface area contributed by atoms with Crippen LogP contribution in [0.2, 0.25) is 0 Å². The molecule has 1 fully saturated rings. The fourth-order valence-corrected chi connectivity index (χ4v) is 6.07. The van der Waals surface area contributed by atoms with Crippen LogP contribution in [0.5, 0.6) is 0 Å². The molecule has 1 amide bonds. The monoisotopic (exact) mass is 494 g/mol. The lowest BCUT2D eigenvalue weighted by molar-refractivity contribution is -0.119. The molecule has 9 heteroatoms. The molecule has 3 aromatic rings. The van der Waals surface area contributed by atoms with Crippen LogP contribution < -0.4 is 10.9 Å². The van der Waals surface area contributed by atoms with Gasteiger partial charge in [-0.2, -0.15) is 9.40 Å². The van der Waals surface area contributed by atoms with Crippen molar-refractivity contribution in [1.29, 1.82) is 0 Å². The Kier molecular flexibility index (Phi) is 7.47. The number of piperidine rings is 1. The lowest BCUT2D eigenvalue weighted by Crippen LogP contribution is -2.36. The van der Waals surface area contributed by atoms with Crippen molar-refractivity contribution in [3.8, 4) is 11.3 Å². The molecule has 0 bridgehead atoms. The Morgan fingerprint density at radius 1 is 1.03 bits per heavy atom. The normalized spacial score (nSPS) is 15.5. The van der Waals surface area contributed by atoms with Gasteiger partial charge in [-0.3, -0.25) is 9.59 Å². The van der Waals surface area contributed by atoms with E-state index >= 15 is 0 Å². The Labute approximate surface area is 205 Å². The standard InChI is InChI=1S/C26H30N4O4S/c1-3-23(26(32)27-21-10-6-4-7-11-21)30-25(31)15-14-22(28-30)20-13-12-19(2)24(18-20)35(33,34)29-16-8-5-9-17-29/h4,6-7,10-15,18,23H,3,5,8-9,16-17H2,1-2H3,(H,27,32)/t23-/m1/s1. The van der Waals surface area contributed by atoms with Gasteiger partial charge in [-0.1, -0.05) is 43.7 Å². The summed E-state index contributed by atoms with van der Waals surface area (Å²) in [7, 11) is -3.64. The van der Waals surface area contributed by atoms with Gasteiger partial charge in [0.15, 0.2) is 0 Å².